The standard InChI is InChI=1S/C23H44NP.C8H14.Ti/c1-21(2,3)14-17-25(18-15-22(4,5)6,19-16-23(7,8)9)24-20-12-10-11-13-20;1-5-7(3)8(4)6-2;/h10-12H,13-19H2,1-9H3;5-6H,1-4H3;. The minimum atomic E-state index is -1.32. The first kappa shape index (κ1) is 36.1. The molecule has 1 aliphatic rings. The predicted molar refractivity (Wildman–Crippen MR) is 157 cm³/mol. The third kappa shape index (κ3) is 18.2. The van der Waals surface area contributed by atoms with Crippen molar-refractivity contribution in [2.24, 2.45) is 21.0 Å². The van der Waals surface area contributed by atoms with Crippen LogP contribution in [0.25, 0.3) is 0 Å². The summed E-state index contributed by atoms with van der Waals surface area (Å²) in [4.78, 5) is 0. The molecule has 0 radical (unpaired) electrons. The molecule has 34 heavy (non-hydrogen) atoms. The van der Waals surface area contributed by atoms with Crippen molar-refractivity contribution >= 4 is 7.05 Å². The Labute approximate surface area is 230 Å². The molecule has 0 saturated heterocycles. The van der Waals surface area contributed by atoms with Gasteiger partial charge < -0.3 is 0 Å². The van der Waals surface area contributed by atoms with E-state index in [2.05, 4.69) is 120 Å². The Morgan fingerprint density at radius 3 is 1.35 bits per heavy atom. The molecule has 0 bridgehead atoms. The maximum atomic E-state index is 5.53. The van der Waals surface area contributed by atoms with Crippen molar-refractivity contribution in [1.82, 2.24) is 0 Å². The average Bonchev–Trinajstić information content (AvgIpc) is 3.19. The second kappa shape index (κ2) is 15.9. The van der Waals surface area contributed by atoms with Crippen molar-refractivity contribution < 1.29 is 21.7 Å². The first-order valence-corrected chi connectivity index (χ1v) is 15.4. The van der Waals surface area contributed by atoms with Crippen molar-refractivity contribution in [1.29, 1.82) is 0 Å². The maximum absolute atomic E-state index is 5.53. The molecular formula is C31H58NPTi. The van der Waals surface area contributed by atoms with Gasteiger partial charge in [0, 0.05) is 33.8 Å². The van der Waals surface area contributed by atoms with Crippen LogP contribution in [0.2, 0.25) is 0 Å². The van der Waals surface area contributed by atoms with Crippen LogP contribution < -0.4 is 0 Å². The van der Waals surface area contributed by atoms with Gasteiger partial charge in [0.2, 0.25) is 0 Å². The van der Waals surface area contributed by atoms with E-state index in [0.717, 1.165) is 6.42 Å². The molecule has 1 aliphatic carbocycles. The molecule has 0 spiro atoms. The van der Waals surface area contributed by atoms with E-state index in [1.54, 1.807) is 0 Å². The molecule has 0 fully saturated rings. The van der Waals surface area contributed by atoms with E-state index in [4.69, 9.17) is 4.74 Å². The van der Waals surface area contributed by atoms with Crippen LogP contribution in [0, 0.1) is 16.2 Å². The number of hydrogen-bond acceptors (Lipinski definition) is 1. The van der Waals surface area contributed by atoms with Gasteiger partial charge in [0.05, 0.1) is 0 Å². The summed E-state index contributed by atoms with van der Waals surface area (Å²) < 4.78 is 5.53. The van der Waals surface area contributed by atoms with Crippen LogP contribution in [0.15, 0.2) is 52.0 Å². The Bertz CT molecular complexity index is 690. The van der Waals surface area contributed by atoms with Crippen molar-refractivity contribution in [3.05, 3.63) is 47.2 Å². The van der Waals surface area contributed by atoms with Gasteiger partial charge in [-0.3, -0.25) is 4.74 Å². The SMILES string of the molecule is CC(C)(C)CCP(CCC(C)(C)C)(CCC(C)(C)C)=NC1=CC=CC1.CC=C(C)C(C)=CC.[Ti]. The smallest absolute Gasteiger partial charge is 0.0425 e. The fourth-order valence-corrected chi connectivity index (χ4v) is 8.28. The molecule has 0 heterocycles. The van der Waals surface area contributed by atoms with E-state index in [9.17, 15) is 0 Å². The van der Waals surface area contributed by atoms with Gasteiger partial charge in [-0.05, 0) is 94.8 Å². The minimum absolute atomic E-state index is 0. The molecule has 0 aromatic heterocycles. The maximum Gasteiger partial charge on any atom is 0.0425 e. The zero-order chi connectivity index (χ0) is 25.9. The first-order chi connectivity index (χ1) is 14.9. The van der Waals surface area contributed by atoms with Gasteiger partial charge in [-0.2, -0.15) is 0 Å². The van der Waals surface area contributed by atoms with Crippen LogP contribution in [0.3, 0.4) is 0 Å². The zero-order valence-corrected chi connectivity index (χ0v) is 27.7. The summed E-state index contributed by atoms with van der Waals surface area (Å²) in [7, 11) is -1.32. The van der Waals surface area contributed by atoms with Gasteiger partial charge in [-0.1, -0.05) is 97.8 Å². The molecule has 0 aliphatic heterocycles. The van der Waals surface area contributed by atoms with Gasteiger partial charge in [-0.15, -0.1) is 0 Å². The Morgan fingerprint density at radius 2 is 1.12 bits per heavy atom. The van der Waals surface area contributed by atoms with Crippen LogP contribution in [-0.2, 0) is 21.7 Å². The van der Waals surface area contributed by atoms with E-state index < -0.39 is 7.05 Å². The average molecular weight is 524 g/mol. The minimum Gasteiger partial charge on any atom is -0.272 e. The number of allylic oxidation sites excluding steroid dienone is 7. The summed E-state index contributed by atoms with van der Waals surface area (Å²) in [5, 5.41) is 0. The molecule has 0 saturated carbocycles. The van der Waals surface area contributed by atoms with E-state index in [-0.39, 0.29) is 21.7 Å². The second-order valence-corrected chi connectivity index (χ2v) is 17.3. The normalized spacial score (nSPS) is 15.4. The molecule has 0 atom stereocenters. The monoisotopic (exact) mass is 523 g/mol. The van der Waals surface area contributed by atoms with Crippen molar-refractivity contribution in [2.75, 3.05) is 18.5 Å². The summed E-state index contributed by atoms with van der Waals surface area (Å²) >= 11 is 0. The van der Waals surface area contributed by atoms with Gasteiger partial charge in [0.15, 0.2) is 0 Å². The van der Waals surface area contributed by atoms with Crippen molar-refractivity contribution in [3.8, 4) is 0 Å². The summed E-state index contributed by atoms with van der Waals surface area (Å²) in [6.45, 7) is 29.8. The summed E-state index contributed by atoms with van der Waals surface area (Å²) in [5.74, 6) is 0. The Hall–Kier alpha value is -0.0957. The quantitative estimate of drug-likeness (QED) is 0.170. The van der Waals surface area contributed by atoms with Crippen molar-refractivity contribution in [3.63, 3.8) is 0 Å². The molecule has 1 nitrogen and oxygen atoms in total. The van der Waals surface area contributed by atoms with Crippen LogP contribution in [-0.4, -0.2) is 18.5 Å². The third-order valence-electron chi connectivity index (χ3n) is 6.41. The predicted octanol–water partition coefficient (Wildman–Crippen LogP) is 11.3. The Kier molecular flexibility index (Phi) is 16.9. The molecule has 3 heteroatoms. The number of nitrogens with zero attached hydrogens (tertiary/aromatic N) is 1. The van der Waals surface area contributed by atoms with Crippen LogP contribution in [0.5, 0.6) is 0 Å². The zero-order valence-electron chi connectivity index (χ0n) is 25.2. The van der Waals surface area contributed by atoms with Gasteiger partial charge in [-0.25, -0.2) is 0 Å². The van der Waals surface area contributed by atoms with Crippen LogP contribution >= 0.6 is 7.05 Å². The van der Waals surface area contributed by atoms with Gasteiger partial charge in [0.25, 0.3) is 0 Å². The molecule has 0 aromatic carbocycles. The summed E-state index contributed by atoms with van der Waals surface area (Å²) in [6.07, 6.45) is 19.8. The third-order valence-corrected chi connectivity index (χ3v) is 10.3. The summed E-state index contributed by atoms with van der Waals surface area (Å²) in [5.41, 5.74) is 5.26. The van der Waals surface area contributed by atoms with E-state index in [1.807, 2.05) is 0 Å². The van der Waals surface area contributed by atoms with Gasteiger partial charge in [0.1, 0.15) is 0 Å². The first-order valence-electron chi connectivity index (χ1n) is 13.1. The Morgan fingerprint density at radius 1 is 0.765 bits per heavy atom. The largest absolute Gasteiger partial charge is 0.272 e. The molecule has 0 unspecified atom stereocenters. The van der Waals surface area contributed by atoms with Crippen molar-refractivity contribution in [2.45, 2.75) is 116 Å². The van der Waals surface area contributed by atoms with Crippen LogP contribution in [0.4, 0.5) is 0 Å². The number of hydrogen-bond donors (Lipinski definition) is 0. The Balaban J connectivity index is 0. The molecule has 196 valence electrons. The fourth-order valence-electron chi connectivity index (χ4n) is 3.35. The van der Waals surface area contributed by atoms with E-state index >= 15 is 0 Å². The number of rotatable bonds is 8. The van der Waals surface area contributed by atoms with E-state index in [1.165, 1.54) is 54.6 Å². The molecule has 0 N–H and O–H groups in total. The van der Waals surface area contributed by atoms with Crippen LogP contribution in [0.1, 0.15) is 116 Å². The van der Waals surface area contributed by atoms with E-state index in [0.29, 0.717) is 16.2 Å². The topological polar surface area (TPSA) is 12.4 Å². The molecule has 0 amide bonds. The molecular weight excluding hydrogens is 465 g/mol. The molecule has 1 rings (SSSR count). The fraction of sp³-hybridized carbons (Fsp3) is 0.742. The second-order valence-electron chi connectivity index (χ2n) is 13.5. The van der Waals surface area contributed by atoms with Gasteiger partial charge >= 0.3 is 0 Å². The summed E-state index contributed by atoms with van der Waals surface area (Å²) in [6, 6.07) is 0. The molecule has 0 aromatic rings.